The molecule has 0 aromatic heterocycles. The molecule has 3 nitrogen and oxygen atoms in total. The number of carbonyl (C=O) groups excluding carboxylic acids is 1. The first-order valence-electron chi connectivity index (χ1n) is 7.51. The summed E-state index contributed by atoms with van der Waals surface area (Å²) in [5.74, 6) is -0.344. The molecule has 0 aliphatic carbocycles. The van der Waals surface area contributed by atoms with E-state index in [1.807, 2.05) is 44.2 Å². The first-order chi connectivity index (χ1) is 10.9. The standard InChI is InChI=1S/C19H19FN2O/c1-19(2,21)14-6-3-12(4-7-14)17-9-13-5-8-15(20)10-16(13)18(11-23)22-17/h3-11,18,22H,21H2,1-2H3. The average molecular weight is 310 g/mol. The Kier molecular flexibility index (Phi) is 3.78. The molecule has 4 heteroatoms. The normalized spacial score (nSPS) is 17.0. The molecule has 0 fully saturated rings. The molecular formula is C19H19FN2O. The largest absolute Gasteiger partial charge is 0.371 e. The molecule has 1 heterocycles. The van der Waals surface area contributed by atoms with E-state index in [0.29, 0.717) is 5.56 Å². The van der Waals surface area contributed by atoms with Gasteiger partial charge in [0.25, 0.3) is 0 Å². The lowest BCUT2D eigenvalue weighted by molar-refractivity contribution is -0.109. The van der Waals surface area contributed by atoms with Gasteiger partial charge in [-0.05, 0) is 54.3 Å². The molecule has 0 amide bonds. The highest BCUT2D eigenvalue weighted by molar-refractivity contribution is 5.87. The van der Waals surface area contributed by atoms with Gasteiger partial charge in [-0.2, -0.15) is 0 Å². The molecule has 2 aromatic carbocycles. The molecule has 0 saturated heterocycles. The SMILES string of the molecule is CC(C)(N)c1ccc(C2=Cc3ccc(F)cc3C(C=O)N2)cc1. The quantitative estimate of drug-likeness (QED) is 0.855. The minimum atomic E-state index is -0.550. The molecule has 1 aliphatic rings. The third kappa shape index (κ3) is 3.03. The molecule has 0 radical (unpaired) electrons. The third-order valence-corrected chi connectivity index (χ3v) is 4.07. The van der Waals surface area contributed by atoms with Gasteiger partial charge in [-0.25, -0.2) is 4.39 Å². The number of nitrogens with two attached hydrogens (primary N) is 1. The number of aldehydes is 1. The first-order valence-corrected chi connectivity index (χ1v) is 7.51. The van der Waals surface area contributed by atoms with Gasteiger partial charge >= 0.3 is 0 Å². The number of halogens is 1. The van der Waals surface area contributed by atoms with Gasteiger partial charge in [0.2, 0.25) is 0 Å². The fraction of sp³-hybridized carbons (Fsp3) is 0.211. The van der Waals surface area contributed by atoms with Crippen LogP contribution >= 0.6 is 0 Å². The van der Waals surface area contributed by atoms with E-state index < -0.39 is 11.6 Å². The predicted molar refractivity (Wildman–Crippen MR) is 89.9 cm³/mol. The topological polar surface area (TPSA) is 55.1 Å². The van der Waals surface area contributed by atoms with Gasteiger partial charge in [-0.1, -0.05) is 30.3 Å². The molecule has 3 rings (SSSR count). The van der Waals surface area contributed by atoms with E-state index in [4.69, 9.17) is 5.73 Å². The Morgan fingerprint density at radius 1 is 1.17 bits per heavy atom. The highest BCUT2D eigenvalue weighted by Crippen LogP contribution is 2.30. The van der Waals surface area contributed by atoms with Crippen molar-refractivity contribution in [3.05, 3.63) is 70.5 Å². The second-order valence-corrected chi connectivity index (χ2v) is 6.39. The number of fused-ring (bicyclic) bond motifs is 1. The average Bonchev–Trinajstić information content (AvgIpc) is 2.53. The molecular weight excluding hydrogens is 291 g/mol. The van der Waals surface area contributed by atoms with Crippen LogP contribution in [0.15, 0.2) is 42.5 Å². The molecule has 3 N–H and O–H groups in total. The van der Waals surface area contributed by atoms with Gasteiger partial charge in [0.15, 0.2) is 0 Å². The monoisotopic (exact) mass is 310 g/mol. The van der Waals surface area contributed by atoms with E-state index in [9.17, 15) is 9.18 Å². The Balaban J connectivity index is 2.00. The maximum atomic E-state index is 13.4. The number of rotatable bonds is 3. The Morgan fingerprint density at radius 2 is 1.87 bits per heavy atom. The molecule has 118 valence electrons. The minimum absolute atomic E-state index is 0.344. The van der Waals surface area contributed by atoms with Crippen LogP contribution in [-0.4, -0.2) is 6.29 Å². The van der Waals surface area contributed by atoms with Crippen molar-refractivity contribution in [1.82, 2.24) is 5.32 Å². The van der Waals surface area contributed by atoms with Crippen molar-refractivity contribution < 1.29 is 9.18 Å². The highest BCUT2D eigenvalue weighted by Gasteiger charge is 2.21. The Morgan fingerprint density at radius 3 is 2.48 bits per heavy atom. The van der Waals surface area contributed by atoms with E-state index in [1.54, 1.807) is 6.07 Å². The van der Waals surface area contributed by atoms with E-state index in [-0.39, 0.29) is 5.82 Å². The third-order valence-electron chi connectivity index (χ3n) is 4.07. The van der Waals surface area contributed by atoms with Gasteiger partial charge < -0.3 is 15.8 Å². The summed E-state index contributed by atoms with van der Waals surface area (Å²) in [7, 11) is 0. The second-order valence-electron chi connectivity index (χ2n) is 6.39. The summed E-state index contributed by atoms with van der Waals surface area (Å²) in [5.41, 5.74) is 10.0. The minimum Gasteiger partial charge on any atom is -0.371 e. The summed E-state index contributed by atoms with van der Waals surface area (Å²) in [4.78, 5) is 11.4. The number of benzene rings is 2. The highest BCUT2D eigenvalue weighted by atomic mass is 19.1. The molecule has 2 aromatic rings. The van der Waals surface area contributed by atoms with E-state index in [1.165, 1.54) is 12.1 Å². The van der Waals surface area contributed by atoms with Crippen LogP contribution in [0, 0.1) is 5.82 Å². The summed E-state index contributed by atoms with van der Waals surface area (Å²) in [5, 5.41) is 3.16. The van der Waals surface area contributed by atoms with E-state index in [2.05, 4.69) is 5.32 Å². The first kappa shape index (κ1) is 15.4. The summed E-state index contributed by atoms with van der Waals surface area (Å²) in [6.07, 6.45) is 2.72. The second kappa shape index (κ2) is 5.63. The Hall–Kier alpha value is -2.46. The number of carbonyl (C=O) groups is 1. The van der Waals surface area contributed by atoms with Crippen molar-refractivity contribution >= 4 is 18.1 Å². The zero-order chi connectivity index (χ0) is 16.6. The summed E-state index contributed by atoms with van der Waals surface area (Å²) in [6, 6.07) is 11.8. The lowest BCUT2D eigenvalue weighted by Crippen LogP contribution is -2.28. The Labute approximate surface area is 135 Å². The molecule has 23 heavy (non-hydrogen) atoms. The summed E-state index contributed by atoms with van der Waals surface area (Å²) < 4.78 is 13.4. The van der Waals surface area contributed by atoms with Crippen molar-refractivity contribution in [3.8, 4) is 0 Å². The van der Waals surface area contributed by atoms with Crippen LogP contribution in [0.5, 0.6) is 0 Å². The lowest BCUT2D eigenvalue weighted by Gasteiger charge is -2.25. The van der Waals surface area contributed by atoms with E-state index >= 15 is 0 Å². The number of hydrogen-bond donors (Lipinski definition) is 2. The fourth-order valence-corrected chi connectivity index (χ4v) is 2.74. The van der Waals surface area contributed by atoms with Crippen molar-refractivity contribution in [2.45, 2.75) is 25.4 Å². The van der Waals surface area contributed by atoms with Crippen LogP contribution in [-0.2, 0) is 10.3 Å². The van der Waals surface area contributed by atoms with Gasteiger partial charge in [0.05, 0.1) is 0 Å². The van der Waals surface area contributed by atoms with Gasteiger partial charge in [0.1, 0.15) is 18.1 Å². The molecule has 0 saturated carbocycles. The summed E-state index contributed by atoms with van der Waals surface area (Å²) in [6.45, 7) is 3.90. The van der Waals surface area contributed by atoms with Gasteiger partial charge in [-0.15, -0.1) is 0 Å². The molecule has 1 unspecified atom stereocenters. The fourth-order valence-electron chi connectivity index (χ4n) is 2.74. The zero-order valence-corrected chi connectivity index (χ0v) is 13.1. The predicted octanol–water partition coefficient (Wildman–Crippen LogP) is 3.36. The van der Waals surface area contributed by atoms with Crippen molar-refractivity contribution in [1.29, 1.82) is 0 Å². The van der Waals surface area contributed by atoms with Crippen molar-refractivity contribution in [2.75, 3.05) is 0 Å². The lowest BCUT2D eigenvalue weighted by atomic mass is 9.92. The van der Waals surface area contributed by atoms with Crippen molar-refractivity contribution in [3.63, 3.8) is 0 Å². The maximum Gasteiger partial charge on any atom is 0.146 e. The van der Waals surface area contributed by atoms with Gasteiger partial charge in [-0.3, -0.25) is 0 Å². The van der Waals surface area contributed by atoms with Crippen LogP contribution in [0.2, 0.25) is 0 Å². The molecule has 1 aliphatic heterocycles. The molecule has 0 spiro atoms. The molecule has 0 bridgehead atoms. The van der Waals surface area contributed by atoms with Crippen LogP contribution < -0.4 is 11.1 Å². The van der Waals surface area contributed by atoms with Crippen LogP contribution in [0.3, 0.4) is 0 Å². The smallest absolute Gasteiger partial charge is 0.146 e. The van der Waals surface area contributed by atoms with Crippen LogP contribution in [0.1, 0.15) is 42.1 Å². The van der Waals surface area contributed by atoms with Crippen LogP contribution in [0.4, 0.5) is 4.39 Å². The maximum absolute atomic E-state index is 13.4. The van der Waals surface area contributed by atoms with Gasteiger partial charge in [0, 0.05) is 11.2 Å². The number of hydrogen-bond acceptors (Lipinski definition) is 3. The van der Waals surface area contributed by atoms with Crippen LogP contribution in [0.25, 0.3) is 11.8 Å². The van der Waals surface area contributed by atoms with E-state index in [0.717, 1.165) is 28.7 Å². The number of nitrogens with one attached hydrogen (secondary N) is 1. The molecule has 1 atom stereocenters. The Bertz CT molecular complexity index is 773. The summed E-state index contributed by atoms with van der Waals surface area (Å²) >= 11 is 0. The zero-order valence-electron chi connectivity index (χ0n) is 13.1. The van der Waals surface area contributed by atoms with Crippen molar-refractivity contribution in [2.24, 2.45) is 5.73 Å².